The first-order chi connectivity index (χ1) is 11.6. The van der Waals surface area contributed by atoms with Crippen LogP contribution in [0.5, 0.6) is 0 Å². The molecule has 2 atom stereocenters. The zero-order valence-corrected chi connectivity index (χ0v) is 15.0. The number of β-amino-alcohol motifs (C(OH)–C–C–N with tert-alkyl or cyclic N) is 1. The Labute approximate surface area is 144 Å². The molecule has 1 aromatic heterocycles. The fraction of sp³-hybridized carbons (Fsp3) is 0.882. The molecule has 3 heterocycles. The van der Waals surface area contributed by atoms with Crippen molar-refractivity contribution in [1.29, 1.82) is 0 Å². The molecule has 0 aromatic carbocycles. The van der Waals surface area contributed by atoms with Gasteiger partial charge in [0.25, 0.3) is 0 Å². The molecule has 0 aliphatic carbocycles. The van der Waals surface area contributed by atoms with E-state index in [0.717, 1.165) is 64.1 Å². The van der Waals surface area contributed by atoms with Gasteiger partial charge < -0.3 is 9.84 Å². The minimum absolute atomic E-state index is 0.303. The largest absolute Gasteiger partial charge is 0.390 e. The molecule has 2 fully saturated rings. The van der Waals surface area contributed by atoms with Crippen molar-refractivity contribution >= 4 is 0 Å². The van der Waals surface area contributed by atoms with Crippen LogP contribution in [-0.4, -0.2) is 87.8 Å². The third kappa shape index (κ3) is 4.75. The minimum Gasteiger partial charge on any atom is -0.390 e. The number of aliphatic hydroxyl groups excluding tert-OH is 1. The lowest BCUT2D eigenvalue weighted by atomic mass is 10.0. The molecule has 24 heavy (non-hydrogen) atoms. The molecule has 0 bridgehead atoms. The van der Waals surface area contributed by atoms with Crippen LogP contribution >= 0.6 is 0 Å². The van der Waals surface area contributed by atoms with Crippen LogP contribution in [-0.2, 0) is 11.3 Å². The zero-order chi connectivity index (χ0) is 16.9. The van der Waals surface area contributed by atoms with Crippen molar-refractivity contribution in [1.82, 2.24) is 24.6 Å². The Morgan fingerprint density at radius 1 is 1.17 bits per heavy atom. The topological polar surface area (TPSA) is 66.7 Å². The average molecular weight is 337 g/mol. The predicted octanol–water partition coefficient (Wildman–Crippen LogP) is 0.443. The Bertz CT molecular complexity index is 515. The Morgan fingerprint density at radius 3 is 2.67 bits per heavy atom. The molecule has 0 spiro atoms. The molecular weight excluding hydrogens is 306 g/mol. The van der Waals surface area contributed by atoms with Crippen molar-refractivity contribution in [3.63, 3.8) is 0 Å². The van der Waals surface area contributed by atoms with E-state index in [4.69, 9.17) is 4.74 Å². The number of hydrogen-bond donors (Lipinski definition) is 1. The van der Waals surface area contributed by atoms with Crippen molar-refractivity contribution in [3.05, 3.63) is 11.6 Å². The SMILES string of the molecule is Cc1nc(C)n(C[C@@H]2CCCCN2C[C@@H](O)CN2CCOCC2)n1. The first-order valence-corrected chi connectivity index (χ1v) is 9.22. The standard InChI is InChI=1S/C17H31N5O2/c1-14-18-15(2)22(19-14)11-16-5-3-4-6-21(16)13-17(23)12-20-7-9-24-10-8-20/h16-17,23H,3-13H2,1-2H3/t16-,17-/m0/s1. The monoisotopic (exact) mass is 337 g/mol. The maximum absolute atomic E-state index is 10.5. The second-order valence-corrected chi connectivity index (χ2v) is 7.10. The lowest BCUT2D eigenvalue weighted by Gasteiger charge is -2.38. The van der Waals surface area contributed by atoms with Gasteiger partial charge in [-0.25, -0.2) is 9.67 Å². The van der Waals surface area contributed by atoms with E-state index in [-0.39, 0.29) is 6.10 Å². The van der Waals surface area contributed by atoms with E-state index < -0.39 is 0 Å². The number of aliphatic hydroxyl groups is 1. The van der Waals surface area contributed by atoms with Gasteiger partial charge in [0.1, 0.15) is 11.6 Å². The highest BCUT2D eigenvalue weighted by atomic mass is 16.5. The normalized spacial score (nSPS) is 25.0. The molecule has 3 rings (SSSR count). The Morgan fingerprint density at radius 2 is 1.96 bits per heavy atom. The van der Waals surface area contributed by atoms with Crippen LogP contribution in [0.2, 0.25) is 0 Å². The van der Waals surface area contributed by atoms with Crippen LogP contribution in [0.15, 0.2) is 0 Å². The number of aromatic nitrogens is 3. The first kappa shape index (κ1) is 17.8. The quantitative estimate of drug-likeness (QED) is 0.813. The molecule has 2 aliphatic rings. The van der Waals surface area contributed by atoms with E-state index in [1.807, 2.05) is 18.5 Å². The maximum Gasteiger partial charge on any atom is 0.147 e. The molecule has 7 nitrogen and oxygen atoms in total. The summed E-state index contributed by atoms with van der Waals surface area (Å²) in [5.41, 5.74) is 0. The molecule has 2 saturated heterocycles. The van der Waals surface area contributed by atoms with Crippen molar-refractivity contribution in [3.8, 4) is 0 Å². The molecule has 0 unspecified atom stereocenters. The second-order valence-electron chi connectivity index (χ2n) is 7.10. The van der Waals surface area contributed by atoms with E-state index in [0.29, 0.717) is 6.04 Å². The summed E-state index contributed by atoms with van der Waals surface area (Å²) in [4.78, 5) is 9.16. The van der Waals surface area contributed by atoms with Gasteiger partial charge in [0, 0.05) is 32.2 Å². The van der Waals surface area contributed by atoms with Crippen LogP contribution in [0.3, 0.4) is 0 Å². The van der Waals surface area contributed by atoms with Crippen LogP contribution in [0.1, 0.15) is 30.9 Å². The highest BCUT2D eigenvalue weighted by molar-refractivity contribution is 4.90. The average Bonchev–Trinajstić information content (AvgIpc) is 2.87. The second kappa shape index (κ2) is 8.38. The number of aryl methyl sites for hydroxylation is 2. The van der Waals surface area contributed by atoms with E-state index >= 15 is 0 Å². The lowest BCUT2D eigenvalue weighted by molar-refractivity contribution is -0.00189. The van der Waals surface area contributed by atoms with Gasteiger partial charge in [0.15, 0.2) is 0 Å². The van der Waals surface area contributed by atoms with E-state index in [9.17, 15) is 5.11 Å². The molecule has 2 aliphatic heterocycles. The summed E-state index contributed by atoms with van der Waals surface area (Å²) in [6, 6.07) is 0.442. The minimum atomic E-state index is -0.303. The summed E-state index contributed by atoms with van der Waals surface area (Å²) in [6.45, 7) is 10.8. The van der Waals surface area contributed by atoms with Gasteiger partial charge in [-0.2, -0.15) is 5.10 Å². The smallest absolute Gasteiger partial charge is 0.147 e. The highest BCUT2D eigenvalue weighted by Gasteiger charge is 2.26. The summed E-state index contributed by atoms with van der Waals surface area (Å²) in [7, 11) is 0. The number of piperidine rings is 1. The number of likely N-dealkylation sites (tertiary alicyclic amines) is 1. The molecule has 7 heteroatoms. The number of hydrogen-bond acceptors (Lipinski definition) is 6. The number of rotatable bonds is 6. The number of nitrogens with zero attached hydrogens (tertiary/aromatic N) is 5. The molecule has 1 aromatic rings. The lowest BCUT2D eigenvalue weighted by Crippen LogP contribution is -2.49. The van der Waals surface area contributed by atoms with Crippen LogP contribution in [0.25, 0.3) is 0 Å². The third-order valence-corrected chi connectivity index (χ3v) is 5.11. The van der Waals surface area contributed by atoms with E-state index in [1.54, 1.807) is 0 Å². The van der Waals surface area contributed by atoms with Gasteiger partial charge >= 0.3 is 0 Å². The molecule has 0 saturated carbocycles. The molecule has 0 amide bonds. The van der Waals surface area contributed by atoms with Crippen molar-refractivity contribution < 1.29 is 9.84 Å². The van der Waals surface area contributed by atoms with Gasteiger partial charge in [-0.1, -0.05) is 6.42 Å². The van der Waals surface area contributed by atoms with Crippen molar-refractivity contribution in [2.75, 3.05) is 45.9 Å². The summed E-state index contributed by atoms with van der Waals surface area (Å²) in [5.74, 6) is 1.81. The fourth-order valence-corrected chi connectivity index (χ4v) is 3.85. The van der Waals surface area contributed by atoms with Gasteiger partial charge in [0.2, 0.25) is 0 Å². The Hall–Kier alpha value is -1.02. The highest BCUT2D eigenvalue weighted by Crippen LogP contribution is 2.19. The fourth-order valence-electron chi connectivity index (χ4n) is 3.85. The predicted molar refractivity (Wildman–Crippen MR) is 92.0 cm³/mol. The van der Waals surface area contributed by atoms with Crippen LogP contribution in [0, 0.1) is 13.8 Å². The van der Waals surface area contributed by atoms with E-state index in [2.05, 4.69) is 19.9 Å². The van der Waals surface area contributed by atoms with E-state index in [1.165, 1.54) is 19.3 Å². The van der Waals surface area contributed by atoms with Crippen LogP contribution in [0.4, 0.5) is 0 Å². The van der Waals surface area contributed by atoms with Crippen molar-refractivity contribution in [2.45, 2.75) is 51.8 Å². The Balaban J connectivity index is 1.54. The molecule has 136 valence electrons. The summed E-state index contributed by atoms with van der Waals surface area (Å²) >= 11 is 0. The molecule has 1 N–H and O–H groups in total. The van der Waals surface area contributed by atoms with Gasteiger partial charge in [0.05, 0.1) is 25.9 Å². The molecular formula is C17H31N5O2. The maximum atomic E-state index is 10.5. The zero-order valence-electron chi connectivity index (χ0n) is 15.0. The summed E-state index contributed by atoms with van der Waals surface area (Å²) in [6.07, 6.45) is 3.34. The van der Waals surface area contributed by atoms with Gasteiger partial charge in [-0.05, 0) is 33.2 Å². The van der Waals surface area contributed by atoms with Crippen molar-refractivity contribution in [2.24, 2.45) is 0 Å². The molecule has 0 radical (unpaired) electrons. The Kier molecular flexibility index (Phi) is 6.21. The van der Waals surface area contributed by atoms with Crippen LogP contribution < -0.4 is 0 Å². The third-order valence-electron chi connectivity index (χ3n) is 5.11. The summed E-state index contributed by atoms with van der Waals surface area (Å²) < 4.78 is 7.40. The number of morpholine rings is 1. The van der Waals surface area contributed by atoms with Gasteiger partial charge in [-0.3, -0.25) is 9.80 Å². The first-order valence-electron chi connectivity index (χ1n) is 9.22. The van der Waals surface area contributed by atoms with Gasteiger partial charge in [-0.15, -0.1) is 0 Å². The summed E-state index contributed by atoms with van der Waals surface area (Å²) in [5, 5.41) is 15.0. The number of ether oxygens (including phenoxy) is 1.